The number of ether oxygens (including phenoxy) is 2. The zero-order valence-corrected chi connectivity index (χ0v) is 27.0. The summed E-state index contributed by atoms with van der Waals surface area (Å²) in [6.07, 6.45) is 2.23. The predicted molar refractivity (Wildman–Crippen MR) is 187 cm³/mol. The lowest BCUT2D eigenvalue weighted by molar-refractivity contribution is 0.171. The quantitative estimate of drug-likeness (QED) is 0.130. The number of hydrogen-bond donors (Lipinski definition) is 3. The van der Waals surface area contributed by atoms with Gasteiger partial charge in [-0.25, -0.2) is 0 Å². The number of halogens is 1. The summed E-state index contributed by atoms with van der Waals surface area (Å²) in [7, 11) is 0. The minimum absolute atomic E-state index is 0.0624. The second-order valence-corrected chi connectivity index (χ2v) is 13.3. The maximum atomic E-state index is 12.7. The normalized spacial score (nSPS) is 16.5. The minimum atomic E-state index is -0.0633. The largest absolute Gasteiger partial charge is 0.486 e. The van der Waals surface area contributed by atoms with Crippen LogP contribution in [0.15, 0.2) is 83.7 Å². The Morgan fingerprint density at radius 3 is 2.51 bits per heavy atom. The number of aromatic amines is 2. The van der Waals surface area contributed by atoms with E-state index in [1.54, 1.807) is 0 Å². The summed E-state index contributed by atoms with van der Waals surface area (Å²) in [5.74, 6) is 2.07. The van der Waals surface area contributed by atoms with Gasteiger partial charge in [0.05, 0.1) is 11.6 Å². The molecule has 1 saturated heterocycles. The van der Waals surface area contributed by atoms with Gasteiger partial charge in [-0.15, -0.1) is 0 Å². The number of nitrogens with zero attached hydrogens (tertiary/aromatic N) is 2. The molecule has 0 amide bonds. The maximum absolute atomic E-state index is 12.7. The first-order valence-corrected chi connectivity index (χ1v) is 16.7. The SMILES string of the molecule is O=c1[nH]c2ccc(C(NCCN3CCC(c4[nH]nc5cc(I)ccc45)CC3)c3ccc4c(c3)OCCO4)cc2c2ccccc12. The Morgan fingerprint density at radius 1 is 0.867 bits per heavy atom. The van der Waals surface area contributed by atoms with E-state index in [9.17, 15) is 4.79 Å². The molecule has 0 saturated carbocycles. The molecule has 9 heteroatoms. The number of aromatic nitrogens is 3. The van der Waals surface area contributed by atoms with Crippen LogP contribution in [0.5, 0.6) is 11.5 Å². The third kappa shape index (κ3) is 5.57. The van der Waals surface area contributed by atoms with Crippen molar-refractivity contribution in [3.63, 3.8) is 0 Å². The number of pyridine rings is 1. The van der Waals surface area contributed by atoms with E-state index in [1.165, 1.54) is 14.7 Å². The first kappa shape index (κ1) is 28.5. The summed E-state index contributed by atoms with van der Waals surface area (Å²) in [4.78, 5) is 18.3. The highest BCUT2D eigenvalue weighted by Crippen LogP contribution is 2.36. The lowest BCUT2D eigenvalue weighted by Gasteiger charge is -2.32. The van der Waals surface area contributed by atoms with Crippen LogP contribution in [0.1, 0.15) is 41.6 Å². The van der Waals surface area contributed by atoms with Crippen LogP contribution in [-0.4, -0.2) is 59.5 Å². The molecule has 1 fully saturated rings. The molecule has 0 bridgehead atoms. The van der Waals surface area contributed by atoms with E-state index in [0.29, 0.717) is 24.5 Å². The average molecular weight is 712 g/mol. The van der Waals surface area contributed by atoms with Crippen molar-refractivity contribution in [3.8, 4) is 11.5 Å². The third-order valence-electron chi connectivity index (χ3n) is 9.31. The van der Waals surface area contributed by atoms with Gasteiger partial charge in [0, 0.05) is 49.9 Å². The number of likely N-dealkylation sites (tertiary alicyclic amines) is 1. The molecule has 45 heavy (non-hydrogen) atoms. The number of hydrogen-bond acceptors (Lipinski definition) is 6. The van der Waals surface area contributed by atoms with E-state index in [4.69, 9.17) is 9.47 Å². The van der Waals surface area contributed by atoms with Gasteiger partial charge in [-0.2, -0.15) is 5.10 Å². The average Bonchev–Trinajstić information content (AvgIpc) is 3.50. The van der Waals surface area contributed by atoms with Crippen molar-refractivity contribution in [2.75, 3.05) is 39.4 Å². The third-order valence-corrected chi connectivity index (χ3v) is 9.98. The van der Waals surface area contributed by atoms with Crippen LogP contribution in [0.4, 0.5) is 0 Å². The van der Waals surface area contributed by atoms with Gasteiger partial charge in [-0.3, -0.25) is 9.89 Å². The molecule has 1 atom stereocenters. The molecular formula is C36H34IN5O3. The van der Waals surface area contributed by atoms with Crippen LogP contribution < -0.4 is 20.3 Å². The van der Waals surface area contributed by atoms with Crippen molar-refractivity contribution in [3.05, 3.63) is 110 Å². The molecule has 4 heterocycles. The Kier molecular flexibility index (Phi) is 7.68. The summed E-state index contributed by atoms with van der Waals surface area (Å²) in [5, 5.41) is 15.7. The standard InChI is InChI=1S/C36H34IN5O3/c37-25-7-8-28-31(21-25)40-41-35(28)22-11-14-42(15-12-22)16-13-38-34(24-6-10-32-33(20-24)45-18-17-44-32)23-5-9-30-29(19-23)26-3-1-2-4-27(26)36(43)39-30/h1-10,19-22,34,38H,11-18H2,(H,39,43)(H,40,41). The zero-order valence-electron chi connectivity index (χ0n) is 24.8. The van der Waals surface area contributed by atoms with E-state index >= 15 is 0 Å². The van der Waals surface area contributed by atoms with Crippen LogP contribution in [0.3, 0.4) is 0 Å². The fraction of sp³-hybridized carbons (Fsp3) is 0.278. The minimum Gasteiger partial charge on any atom is -0.486 e. The molecule has 2 aliphatic rings. The lowest BCUT2D eigenvalue weighted by atomic mass is 9.91. The van der Waals surface area contributed by atoms with Gasteiger partial charge in [0.2, 0.25) is 0 Å². The Hall–Kier alpha value is -3.93. The van der Waals surface area contributed by atoms with E-state index in [2.05, 4.69) is 90.5 Å². The number of fused-ring (bicyclic) bond motifs is 5. The summed E-state index contributed by atoms with van der Waals surface area (Å²) in [6, 6.07) is 26.9. The second-order valence-electron chi connectivity index (χ2n) is 12.0. The molecule has 8 nitrogen and oxygen atoms in total. The van der Waals surface area contributed by atoms with Gasteiger partial charge >= 0.3 is 0 Å². The van der Waals surface area contributed by atoms with Crippen LogP contribution >= 0.6 is 22.6 Å². The van der Waals surface area contributed by atoms with Crippen LogP contribution in [0, 0.1) is 3.57 Å². The molecule has 0 radical (unpaired) electrons. The Bertz CT molecular complexity index is 2080. The topological polar surface area (TPSA) is 95.3 Å². The van der Waals surface area contributed by atoms with Gasteiger partial charge in [-0.1, -0.05) is 30.3 Å². The fourth-order valence-corrected chi connectivity index (χ4v) is 7.45. The highest BCUT2D eigenvalue weighted by molar-refractivity contribution is 14.1. The van der Waals surface area contributed by atoms with E-state index in [0.717, 1.165) is 83.5 Å². The van der Waals surface area contributed by atoms with Crippen LogP contribution in [-0.2, 0) is 0 Å². The molecule has 3 N–H and O–H groups in total. The molecular weight excluding hydrogens is 677 g/mol. The highest BCUT2D eigenvalue weighted by Gasteiger charge is 2.25. The van der Waals surface area contributed by atoms with E-state index in [-0.39, 0.29) is 11.6 Å². The van der Waals surface area contributed by atoms with Crippen molar-refractivity contribution in [2.24, 2.45) is 0 Å². The molecule has 8 rings (SSSR count). The molecule has 2 aromatic heterocycles. The summed E-state index contributed by atoms with van der Waals surface area (Å²) in [6.45, 7) is 5.02. The lowest BCUT2D eigenvalue weighted by Crippen LogP contribution is -2.38. The Balaban J connectivity index is 1.02. The summed E-state index contributed by atoms with van der Waals surface area (Å²) >= 11 is 2.34. The molecule has 1 unspecified atom stereocenters. The highest BCUT2D eigenvalue weighted by atomic mass is 127. The number of H-pyrrole nitrogens is 2. The van der Waals surface area contributed by atoms with Gasteiger partial charge in [0.1, 0.15) is 13.2 Å². The first-order chi connectivity index (χ1) is 22.1. The second kappa shape index (κ2) is 12.1. The number of nitrogens with one attached hydrogen (secondary N) is 3. The van der Waals surface area contributed by atoms with Crippen LogP contribution in [0.2, 0.25) is 0 Å². The van der Waals surface area contributed by atoms with E-state index < -0.39 is 0 Å². The van der Waals surface area contributed by atoms with Gasteiger partial charge in [0.25, 0.3) is 5.56 Å². The van der Waals surface area contributed by atoms with Crippen molar-refractivity contribution in [2.45, 2.75) is 24.8 Å². The molecule has 228 valence electrons. The van der Waals surface area contributed by atoms with Crippen molar-refractivity contribution in [1.82, 2.24) is 25.4 Å². The molecule has 0 aliphatic carbocycles. The van der Waals surface area contributed by atoms with E-state index in [1.807, 2.05) is 36.4 Å². The monoisotopic (exact) mass is 711 g/mol. The maximum Gasteiger partial charge on any atom is 0.256 e. The number of piperidine rings is 1. The Labute approximate surface area is 274 Å². The summed E-state index contributed by atoms with van der Waals surface area (Å²) < 4.78 is 13.0. The first-order valence-electron chi connectivity index (χ1n) is 15.6. The fourth-order valence-electron chi connectivity index (χ4n) is 6.98. The smallest absolute Gasteiger partial charge is 0.256 e. The van der Waals surface area contributed by atoms with Gasteiger partial charge in [0.15, 0.2) is 11.5 Å². The molecule has 0 spiro atoms. The molecule has 4 aromatic carbocycles. The van der Waals surface area contributed by atoms with Gasteiger partial charge < -0.3 is 24.7 Å². The van der Waals surface area contributed by atoms with Crippen molar-refractivity contribution < 1.29 is 9.47 Å². The number of rotatable bonds is 7. The molecule has 2 aliphatic heterocycles. The predicted octanol–water partition coefficient (Wildman–Crippen LogP) is 6.49. The van der Waals surface area contributed by atoms with Gasteiger partial charge in [-0.05, 0) is 114 Å². The number of benzene rings is 4. The zero-order chi connectivity index (χ0) is 30.3. The Morgan fingerprint density at radius 2 is 1.64 bits per heavy atom. The molecule has 6 aromatic rings. The van der Waals surface area contributed by atoms with Crippen molar-refractivity contribution >= 4 is 55.2 Å². The summed E-state index contributed by atoms with van der Waals surface area (Å²) in [5.41, 5.74) is 5.37. The van der Waals surface area contributed by atoms with Crippen LogP contribution in [0.25, 0.3) is 32.6 Å². The van der Waals surface area contributed by atoms with Crippen molar-refractivity contribution in [1.29, 1.82) is 0 Å².